The molecule has 0 amide bonds. The summed E-state index contributed by atoms with van der Waals surface area (Å²) in [5.41, 5.74) is 7.70. The monoisotopic (exact) mass is 332 g/mol. The Balaban J connectivity index is 1.74. The summed E-state index contributed by atoms with van der Waals surface area (Å²) in [6.45, 7) is 4.37. The van der Waals surface area contributed by atoms with Gasteiger partial charge in [0.25, 0.3) is 0 Å². The maximum absolute atomic E-state index is 4.86. The molecule has 24 heavy (non-hydrogen) atoms. The van der Waals surface area contributed by atoms with E-state index in [-0.39, 0.29) is 0 Å². The Kier molecular flexibility index (Phi) is 4.03. The number of nitrogens with zero attached hydrogens (tertiary/aromatic N) is 2. The molecule has 0 spiro atoms. The number of aromatic nitrogens is 1. The Labute approximate surface area is 146 Å². The van der Waals surface area contributed by atoms with Crippen molar-refractivity contribution in [1.82, 2.24) is 4.98 Å². The molecule has 1 aliphatic rings. The minimum atomic E-state index is 0.856. The summed E-state index contributed by atoms with van der Waals surface area (Å²) >= 11 is 1.73. The van der Waals surface area contributed by atoms with Crippen LogP contribution < -0.4 is 0 Å². The number of hydrogen-bond acceptors (Lipinski definition) is 3. The van der Waals surface area contributed by atoms with E-state index in [0.29, 0.717) is 0 Å². The van der Waals surface area contributed by atoms with Gasteiger partial charge in [0.1, 0.15) is 0 Å². The van der Waals surface area contributed by atoms with Crippen molar-refractivity contribution in [2.45, 2.75) is 33.1 Å². The summed E-state index contributed by atoms with van der Waals surface area (Å²) in [6, 6.07) is 14.8. The van der Waals surface area contributed by atoms with Gasteiger partial charge in [0.15, 0.2) is 0 Å². The fourth-order valence-corrected chi connectivity index (χ4v) is 4.15. The van der Waals surface area contributed by atoms with Crippen LogP contribution in [-0.2, 0) is 12.8 Å². The predicted molar refractivity (Wildman–Crippen MR) is 103 cm³/mol. The molecule has 1 aromatic heterocycles. The van der Waals surface area contributed by atoms with Gasteiger partial charge in [-0.1, -0.05) is 47.7 Å². The highest BCUT2D eigenvalue weighted by atomic mass is 32.1. The first-order valence-electron chi connectivity index (χ1n) is 8.40. The molecule has 1 aliphatic carbocycles. The maximum Gasteiger partial charge on any atom is 0.209 e. The van der Waals surface area contributed by atoms with Crippen LogP contribution >= 0.6 is 11.3 Å². The van der Waals surface area contributed by atoms with Crippen LogP contribution in [0.15, 0.2) is 47.5 Å². The molecule has 3 aromatic rings. The van der Waals surface area contributed by atoms with E-state index >= 15 is 0 Å². The van der Waals surface area contributed by atoms with Crippen LogP contribution in [0.2, 0.25) is 0 Å². The van der Waals surface area contributed by atoms with E-state index in [1.54, 1.807) is 11.3 Å². The Morgan fingerprint density at radius 2 is 1.83 bits per heavy atom. The second-order valence-electron chi connectivity index (χ2n) is 6.38. The van der Waals surface area contributed by atoms with Crippen molar-refractivity contribution in [3.8, 4) is 11.3 Å². The maximum atomic E-state index is 4.86. The molecule has 0 N–H and O–H groups in total. The van der Waals surface area contributed by atoms with Crippen LogP contribution in [0.5, 0.6) is 0 Å². The number of hydrogen-bond donors (Lipinski definition) is 0. The van der Waals surface area contributed by atoms with Crippen molar-refractivity contribution in [3.63, 3.8) is 0 Å². The number of fused-ring (bicyclic) bond motifs is 3. The van der Waals surface area contributed by atoms with Crippen LogP contribution in [0.4, 0.5) is 5.13 Å². The van der Waals surface area contributed by atoms with Crippen LogP contribution in [0.1, 0.15) is 33.6 Å². The molecular formula is C21H20N2S. The fraction of sp³-hybridized carbons (Fsp3) is 0.238. The Morgan fingerprint density at radius 3 is 2.67 bits per heavy atom. The molecule has 0 atom stereocenters. The molecule has 0 saturated heterocycles. The summed E-state index contributed by atoms with van der Waals surface area (Å²) < 4.78 is 0. The van der Waals surface area contributed by atoms with Gasteiger partial charge >= 0.3 is 0 Å². The van der Waals surface area contributed by atoms with E-state index in [0.717, 1.165) is 29.2 Å². The second-order valence-corrected chi connectivity index (χ2v) is 7.45. The van der Waals surface area contributed by atoms with Gasteiger partial charge in [0.2, 0.25) is 5.13 Å². The van der Waals surface area contributed by atoms with Gasteiger partial charge in [0.05, 0.1) is 5.69 Å². The van der Waals surface area contributed by atoms with Crippen LogP contribution in [0.3, 0.4) is 0 Å². The standard InChI is InChI=1S/C21H20N2S/c1-14-11-17-9-6-10-19-20(18(17)12-15(14)2)23-21(24-19)22-13-16-7-4-3-5-8-16/h3-5,7-8,11-13H,6,9-10H2,1-2H3/b22-13+. The molecule has 4 rings (SSSR count). The van der Waals surface area contributed by atoms with E-state index in [4.69, 9.17) is 4.98 Å². The largest absolute Gasteiger partial charge is 0.227 e. The lowest BCUT2D eigenvalue weighted by atomic mass is 9.97. The van der Waals surface area contributed by atoms with Gasteiger partial charge in [0, 0.05) is 16.7 Å². The Morgan fingerprint density at radius 1 is 1.04 bits per heavy atom. The third-order valence-corrected chi connectivity index (χ3v) is 5.66. The Bertz CT molecular complexity index is 907. The van der Waals surface area contributed by atoms with E-state index in [9.17, 15) is 0 Å². The zero-order valence-corrected chi connectivity index (χ0v) is 14.9. The van der Waals surface area contributed by atoms with Crippen molar-refractivity contribution < 1.29 is 0 Å². The molecule has 0 saturated carbocycles. The van der Waals surface area contributed by atoms with E-state index in [1.165, 1.54) is 33.6 Å². The summed E-state index contributed by atoms with van der Waals surface area (Å²) in [4.78, 5) is 10.8. The quantitative estimate of drug-likeness (QED) is 0.555. The smallest absolute Gasteiger partial charge is 0.209 e. The van der Waals surface area contributed by atoms with Crippen molar-refractivity contribution >= 4 is 22.7 Å². The predicted octanol–water partition coefficient (Wildman–Crippen LogP) is 5.67. The van der Waals surface area contributed by atoms with Crippen molar-refractivity contribution in [1.29, 1.82) is 0 Å². The molecule has 0 fully saturated rings. The zero-order valence-electron chi connectivity index (χ0n) is 14.0. The lowest BCUT2D eigenvalue weighted by Gasteiger charge is -2.09. The van der Waals surface area contributed by atoms with E-state index in [1.807, 2.05) is 24.4 Å². The topological polar surface area (TPSA) is 25.2 Å². The summed E-state index contributed by atoms with van der Waals surface area (Å²) in [7, 11) is 0. The van der Waals surface area contributed by atoms with Gasteiger partial charge in [-0.2, -0.15) is 0 Å². The van der Waals surface area contributed by atoms with E-state index < -0.39 is 0 Å². The van der Waals surface area contributed by atoms with E-state index in [2.05, 4.69) is 43.1 Å². The minimum absolute atomic E-state index is 0.856. The van der Waals surface area contributed by atoms with Gasteiger partial charge < -0.3 is 0 Å². The highest BCUT2D eigenvalue weighted by Gasteiger charge is 2.19. The molecule has 0 bridgehead atoms. The summed E-state index contributed by atoms with van der Waals surface area (Å²) in [5.74, 6) is 0. The third kappa shape index (κ3) is 2.92. The van der Waals surface area contributed by atoms with Gasteiger partial charge in [-0.25, -0.2) is 9.98 Å². The minimum Gasteiger partial charge on any atom is -0.227 e. The highest BCUT2D eigenvalue weighted by Crippen LogP contribution is 2.39. The SMILES string of the molecule is Cc1cc2c(cc1C)-c1nc(/N=C/c3ccccc3)sc1CCC2. The normalized spacial score (nSPS) is 13.6. The summed E-state index contributed by atoms with van der Waals surface area (Å²) in [5, 5.41) is 0.856. The van der Waals surface area contributed by atoms with Gasteiger partial charge in [-0.05, 0) is 61.4 Å². The highest BCUT2D eigenvalue weighted by molar-refractivity contribution is 7.15. The summed E-state index contributed by atoms with van der Waals surface area (Å²) in [6.07, 6.45) is 5.33. The number of aryl methyl sites for hydroxylation is 4. The molecule has 0 radical (unpaired) electrons. The van der Waals surface area contributed by atoms with Crippen LogP contribution in [-0.4, -0.2) is 11.2 Å². The Hall–Kier alpha value is -2.26. The lowest BCUT2D eigenvalue weighted by molar-refractivity contribution is 0.842. The second kappa shape index (κ2) is 6.33. The lowest BCUT2D eigenvalue weighted by Crippen LogP contribution is -1.92. The van der Waals surface area contributed by atoms with Crippen LogP contribution in [0, 0.1) is 13.8 Å². The van der Waals surface area contributed by atoms with Crippen molar-refractivity contribution in [2.75, 3.05) is 0 Å². The zero-order chi connectivity index (χ0) is 16.5. The number of benzene rings is 2. The van der Waals surface area contributed by atoms with Crippen LogP contribution in [0.25, 0.3) is 11.3 Å². The average Bonchev–Trinajstić information content (AvgIpc) is 2.93. The molecule has 2 nitrogen and oxygen atoms in total. The average molecular weight is 332 g/mol. The van der Waals surface area contributed by atoms with Crippen molar-refractivity contribution in [2.24, 2.45) is 4.99 Å². The van der Waals surface area contributed by atoms with Gasteiger partial charge in [-0.3, -0.25) is 0 Å². The fourth-order valence-electron chi connectivity index (χ4n) is 3.19. The number of aliphatic imine (C=N–C) groups is 1. The van der Waals surface area contributed by atoms with Gasteiger partial charge in [-0.15, -0.1) is 0 Å². The molecular weight excluding hydrogens is 312 g/mol. The molecule has 0 aliphatic heterocycles. The molecule has 3 heteroatoms. The number of rotatable bonds is 2. The molecule has 120 valence electrons. The first-order valence-corrected chi connectivity index (χ1v) is 9.21. The third-order valence-electron chi connectivity index (χ3n) is 4.63. The van der Waals surface area contributed by atoms with Crippen molar-refractivity contribution in [3.05, 3.63) is 69.6 Å². The first kappa shape index (κ1) is 15.3. The molecule has 1 heterocycles. The molecule has 2 aromatic carbocycles. The number of thiazole rings is 1. The first-order chi connectivity index (χ1) is 11.7. The molecule has 0 unspecified atom stereocenters.